The first-order valence-electron chi connectivity index (χ1n) is 7.68. The first kappa shape index (κ1) is 16.9. The minimum Gasteiger partial charge on any atom is -0.355 e. The van der Waals surface area contributed by atoms with E-state index in [2.05, 4.69) is 25.6 Å². The molecule has 3 aromatic heterocycles. The summed E-state index contributed by atoms with van der Waals surface area (Å²) in [6.45, 7) is 4.14. The van der Waals surface area contributed by atoms with Gasteiger partial charge in [-0.15, -0.1) is 10.2 Å². The monoisotopic (exact) mass is 356 g/mol. The van der Waals surface area contributed by atoms with Gasteiger partial charge in [-0.1, -0.05) is 17.4 Å². The van der Waals surface area contributed by atoms with Crippen molar-refractivity contribution in [2.24, 2.45) is 0 Å². The highest BCUT2D eigenvalue weighted by Gasteiger charge is 2.13. The maximum atomic E-state index is 11.9. The Morgan fingerprint density at radius 1 is 1.16 bits per heavy atom. The van der Waals surface area contributed by atoms with Crippen LogP contribution >= 0.6 is 11.3 Å². The summed E-state index contributed by atoms with van der Waals surface area (Å²) in [6, 6.07) is 6.77. The molecule has 128 valence electrons. The number of pyridine rings is 1. The van der Waals surface area contributed by atoms with Crippen molar-refractivity contribution in [2.75, 3.05) is 6.54 Å². The molecule has 0 saturated heterocycles. The third kappa shape index (κ3) is 3.94. The molecule has 0 aliphatic heterocycles. The summed E-state index contributed by atoms with van der Waals surface area (Å²) in [4.78, 5) is 27.9. The van der Waals surface area contributed by atoms with Gasteiger partial charge in [0.15, 0.2) is 10.0 Å². The number of nitrogens with zero attached hydrogens (tertiary/aromatic N) is 5. The third-order valence-corrected chi connectivity index (χ3v) is 4.28. The molecule has 3 aromatic rings. The van der Waals surface area contributed by atoms with Gasteiger partial charge in [0.2, 0.25) is 5.91 Å². The molecule has 0 bridgehead atoms. The van der Waals surface area contributed by atoms with E-state index in [9.17, 15) is 9.59 Å². The van der Waals surface area contributed by atoms with Crippen LogP contribution in [0, 0.1) is 6.92 Å². The van der Waals surface area contributed by atoms with Crippen LogP contribution < -0.4 is 10.9 Å². The van der Waals surface area contributed by atoms with Crippen molar-refractivity contribution in [3.05, 3.63) is 46.4 Å². The maximum absolute atomic E-state index is 11.9. The number of nitrogens with one attached hydrogen (secondary N) is 1. The Kier molecular flexibility index (Phi) is 4.94. The molecule has 0 aliphatic rings. The van der Waals surface area contributed by atoms with Crippen LogP contribution in [0.25, 0.3) is 21.4 Å². The summed E-state index contributed by atoms with van der Waals surface area (Å²) >= 11 is 1.33. The largest absolute Gasteiger partial charge is 0.355 e. The second kappa shape index (κ2) is 7.31. The summed E-state index contributed by atoms with van der Waals surface area (Å²) in [5.41, 5.74) is 1.93. The number of likely N-dealkylation sites (N-methyl/N-ethyl adjacent to an activating group) is 1. The number of carbonyl (C=O) groups is 1. The molecule has 3 heterocycles. The van der Waals surface area contributed by atoms with Crippen molar-refractivity contribution < 1.29 is 4.79 Å². The molecule has 0 spiro atoms. The lowest BCUT2D eigenvalue weighted by Gasteiger charge is -2.05. The zero-order valence-electron chi connectivity index (χ0n) is 13.8. The van der Waals surface area contributed by atoms with Gasteiger partial charge >= 0.3 is 0 Å². The minimum atomic E-state index is -0.347. The zero-order valence-corrected chi connectivity index (χ0v) is 14.6. The van der Waals surface area contributed by atoms with Crippen LogP contribution in [0.4, 0.5) is 0 Å². The molecule has 0 unspecified atom stereocenters. The van der Waals surface area contributed by atoms with Crippen LogP contribution in [0.3, 0.4) is 0 Å². The first-order valence-corrected chi connectivity index (χ1v) is 8.50. The van der Waals surface area contributed by atoms with Crippen molar-refractivity contribution >= 4 is 17.2 Å². The molecule has 0 aliphatic carbocycles. The highest BCUT2D eigenvalue weighted by atomic mass is 32.1. The number of hydrogen-bond acceptors (Lipinski definition) is 7. The number of aromatic nitrogens is 5. The van der Waals surface area contributed by atoms with Crippen molar-refractivity contribution in [1.29, 1.82) is 0 Å². The predicted molar refractivity (Wildman–Crippen MR) is 94.1 cm³/mol. The second-order valence-electron chi connectivity index (χ2n) is 5.30. The van der Waals surface area contributed by atoms with Crippen LogP contribution in [0.1, 0.15) is 12.5 Å². The van der Waals surface area contributed by atoms with Gasteiger partial charge in [0.25, 0.3) is 5.56 Å². The Hall–Kier alpha value is -2.94. The van der Waals surface area contributed by atoms with E-state index >= 15 is 0 Å². The molecule has 9 heteroatoms. The highest BCUT2D eigenvalue weighted by molar-refractivity contribution is 7.17. The Labute approximate surface area is 147 Å². The zero-order chi connectivity index (χ0) is 17.8. The van der Waals surface area contributed by atoms with Crippen LogP contribution in [0.15, 0.2) is 35.3 Å². The van der Waals surface area contributed by atoms with Crippen LogP contribution in [-0.4, -0.2) is 37.4 Å². The van der Waals surface area contributed by atoms with Crippen molar-refractivity contribution in [3.8, 4) is 21.4 Å². The van der Waals surface area contributed by atoms with E-state index in [1.807, 2.05) is 26.0 Å². The number of carbonyl (C=O) groups excluding carboxylic acids is 1. The summed E-state index contributed by atoms with van der Waals surface area (Å²) in [5.74, 6) is -0.268. The molecule has 0 aromatic carbocycles. The van der Waals surface area contributed by atoms with E-state index in [4.69, 9.17) is 0 Å². The van der Waals surface area contributed by atoms with Crippen LogP contribution in [0.2, 0.25) is 0 Å². The standard InChI is InChI=1S/C16H16N6O2S/c1-3-17-13(23)9-22-14(24)7-6-12(21-22)16-20-19-15(25-16)11-5-4-10(2)8-18-11/h4-8H,3,9H2,1-2H3,(H,17,23). The highest BCUT2D eigenvalue weighted by Crippen LogP contribution is 2.27. The van der Waals surface area contributed by atoms with E-state index in [-0.39, 0.29) is 18.0 Å². The molecule has 0 radical (unpaired) electrons. The molecular weight excluding hydrogens is 340 g/mol. The molecule has 1 N–H and O–H groups in total. The van der Waals surface area contributed by atoms with E-state index in [1.54, 1.807) is 12.3 Å². The van der Waals surface area contributed by atoms with Crippen molar-refractivity contribution in [2.45, 2.75) is 20.4 Å². The van der Waals surface area contributed by atoms with Gasteiger partial charge in [-0.05, 0) is 31.5 Å². The Morgan fingerprint density at radius 2 is 1.88 bits per heavy atom. The normalized spacial score (nSPS) is 10.6. The fraction of sp³-hybridized carbons (Fsp3) is 0.250. The van der Waals surface area contributed by atoms with Gasteiger partial charge in [-0.2, -0.15) is 5.10 Å². The Bertz CT molecular complexity index is 948. The predicted octanol–water partition coefficient (Wildman–Crippen LogP) is 1.27. The molecule has 3 rings (SSSR count). The maximum Gasteiger partial charge on any atom is 0.267 e. The lowest BCUT2D eigenvalue weighted by Crippen LogP contribution is -2.33. The van der Waals surface area contributed by atoms with Crippen molar-refractivity contribution in [3.63, 3.8) is 0 Å². The average molecular weight is 356 g/mol. The van der Waals surface area contributed by atoms with E-state index in [1.165, 1.54) is 17.4 Å². The lowest BCUT2D eigenvalue weighted by atomic mass is 10.3. The van der Waals surface area contributed by atoms with Gasteiger partial charge < -0.3 is 5.32 Å². The number of rotatable bonds is 5. The van der Waals surface area contributed by atoms with Crippen LogP contribution in [0.5, 0.6) is 0 Å². The smallest absolute Gasteiger partial charge is 0.267 e. The van der Waals surface area contributed by atoms with Crippen molar-refractivity contribution in [1.82, 2.24) is 30.3 Å². The second-order valence-corrected chi connectivity index (χ2v) is 6.28. The van der Waals surface area contributed by atoms with Crippen LogP contribution in [-0.2, 0) is 11.3 Å². The first-order chi connectivity index (χ1) is 12.1. The van der Waals surface area contributed by atoms with Gasteiger partial charge in [0, 0.05) is 18.8 Å². The van der Waals surface area contributed by atoms with E-state index in [0.717, 1.165) is 15.9 Å². The molecule has 0 saturated carbocycles. The fourth-order valence-electron chi connectivity index (χ4n) is 2.09. The summed E-state index contributed by atoms with van der Waals surface area (Å²) in [7, 11) is 0. The van der Waals surface area contributed by atoms with E-state index in [0.29, 0.717) is 22.3 Å². The topological polar surface area (TPSA) is 103 Å². The van der Waals surface area contributed by atoms with E-state index < -0.39 is 0 Å². The molecule has 25 heavy (non-hydrogen) atoms. The third-order valence-electron chi connectivity index (χ3n) is 3.31. The Balaban J connectivity index is 1.88. The summed E-state index contributed by atoms with van der Waals surface area (Å²) in [5, 5.41) is 16.3. The molecule has 0 atom stereocenters. The number of amides is 1. The summed E-state index contributed by atoms with van der Waals surface area (Å²) in [6.07, 6.45) is 1.77. The van der Waals surface area contributed by atoms with Gasteiger partial charge in [-0.25, -0.2) is 4.68 Å². The molecular formula is C16H16N6O2S. The molecule has 0 fully saturated rings. The number of hydrogen-bond donors (Lipinski definition) is 1. The number of aryl methyl sites for hydroxylation is 1. The van der Waals surface area contributed by atoms with Gasteiger partial charge in [-0.3, -0.25) is 14.6 Å². The summed E-state index contributed by atoms with van der Waals surface area (Å²) < 4.78 is 1.12. The van der Waals surface area contributed by atoms with Gasteiger partial charge in [0.1, 0.15) is 17.9 Å². The quantitative estimate of drug-likeness (QED) is 0.738. The SMILES string of the molecule is CCNC(=O)Cn1nc(-c2nnc(-c3ccc(C)cn3)s2)ccc1=O. The molecule has 8 nitrogen and oxygen atoms in total. The lowest BCUT2D eigenvalue weighted by molar-refractivity contribution is -0.121. The average Bonchev–Trinajstić information content (AvgIpc) is 3.08. The fourth-order valence-corrected chi connectivity index (χ4v) is 2.88. The minimum absolute atomic E-state index is 0.133. The van der Waals surface area contributed by atoms with Gasteiger partial charge in [0.05, 0.1) is 0 Å². The Morgan fingerprint density at radius 3 is 2.56 bits per heavy atom. The molecule has 1 amide bonds.